The van der Waals surface area contributed by atoms with E-state index in [-0.39, 0.29) is 22.0 Å². The summed E-state index contributed by atoms with van der Waals surface area (Å²) in [5, 5.41) is 0. The Hall–Kier alpha value is -0.0500. The second kappa shape index (κ2) is 7.45. The molecule has 0 N–H and O–H groups in total. The van der Waals surface area contributed by atoms with Crippen LogP contribution in [0.15, 0.2) is 0 Å². The van der Waals surface area contributed by atoms with Gasteiger partial charge in [0.1, 0.15) is 0 Å². The summed E-state index contributed by atoms with van der Waals surface area (Å²) < 4.78 is 26.5. The maximum atomic E-state index is 13.6. The predicted molar refractivity (Wildman–Crippen MR) is 104 cm³/mol. The molecule has 0 fully saturated rings. The zero-order chi connectivity index (χ0) is 18.7. The molecule has 3 heteroatoms. The van der Waals surface area contributed by atoms with Gasteiger partial charge in [0.25, 0.3) is 0 Å². The van der Waals surface area contributed by atoms with Gasteiger partial charge in [-0.3, -0.25) is 0 Å². The van der Waals surface area contributed by atoms with Gasteiger partial charge in [0.05, 0.1) is 10.5 Å². The van der Waals surface area contributed by atoms with Crippen LogP contribution in [0.2, 0.25) is 0 Å². The molecule has 0 radical (unpaired) electrons. The molecule has 0 aromatic rings. The van der Waals surface area contributed by atoms with Crippen LogP contribution in [-0.4, -0.2) is 18.9 Å². The van der Waals surface area contributed by atoms with Crippen LogP contribution in [0.1, 0.15) is 101 Å². The fraction of sp³-hybridized carbons (Fsp3) is 1.00. The molecule has 0 aliphatic carbocycles. The Morgan fingerprint density at radius 1 is 0.696 bits per heavy atom. The topological polar surface area (TPSA) is 34.1 Å². The van der Waals surface area contributed by atoms with E-state index in [0.717, 1.165) is 19.3 Å². The lowest BCUT2D eigenvalue weighted by Crippen LogP contribution is -2.54. The molecule has 0 atom stereocenters. The van der Waals surface area contributed by atoms with E-state index < -0.39 is 14.6 Å². The minimum atomic E-state index is -3.20. The lowest BCUT2D eigenvalue weighted by atomic mass is 9.69. The van der Waals surface area contributed by atoms with Crippen molar-refractivity contribution in [2.75, 3.05) is 5.75 Å². The van der Waals surface area contributed by atoms with Gasteiger partial charge in [0.2, 0.25) is 0 Å². The first-order valence-corrected chi connectivity index (χ1v) is 11.0. The van der Waals surface area contributed by atoms with Crippen molar-refractivity contribution in [3.05, 3.63) is 0 Å². The molecule has 0 aliphatic heterocycles. The Bertz CT molecular complexity index is 458. The third-order valence-corrected chi connectivity index (χ3v) is 9.41. The zero-order valence-corrected chi connectivity index (χ0v) is 18.3. The average molecular weight is 347 g/mol. The monoisotopic (exact) mass is 346 g/mol. The molecule has 2 nitrogen and oxygen atoms in total. The van der Waals surface area contributed by atoms with Crippen molar-refractivity contribution in [2.24, 2.45) is 16.2 Å². The lowest BCUT2D eigenvalue weighted by molar-refractivity contribution is 0.175. The second-order valence-corrected chi connectivity index (χ2v) is 11.9. The molecule has 0 unspecified atom stereocenters. The molecule has 0 bridgehead atoms. The Kier molecular flexibility index (Phi) is 7.44. The number of hydrogen-bond donors (Lipinski definition) is 0. The smallest absolute Gasteiger partial charge is 0.157 e. The van der Waals surface area contributed by atoms with Crippen LogP contribution in [0, 0.1) is 16.2 Å². The van der Waals surface area contributed by atoms with Gasteiger partial charge in [-0.1, -0.05) is 69.2 Å². The van der Waals surface area contributed by atoms with E-state index in [4.69, 9.17) is 0 Å². The highest BCUT2D eigenvalue weighted by Gasteiger charge is 2.53. The van der Waals surface area contributed by atoms with E-state index >= 15 is 0 Å². The summed E-state index contributed by atoms with van der Waals surface area (Å²) in [6.07, 6.45) is 4.14. The molecule has 0 amide bonds. The van der Waals surface area contributed by atoms with Crippen LogP contribution in [0.4, 0.5) is 0 Å². The summed E-state index contributed by atoms with van der Waals surface area (Å²) in [5.74, 6) is 0.286. The zero-order valence-electron chi connectivity index (χ0n) is 17.5. The highest BCUT2D eigenvalue weighted by Crippen LogP contribution is 2.50. The van der Waals surface area contributed by atoms with E-state index in [9.17, 15) is 8.42 Å². The summed E-state index contributed by atoms with van der Waals surface area (Å²) in [4.78, 5) is 0. The first-order valence-electron chi connectivity index (χ1n) is 9.38. The molecule has 0 aromatic carbocycles. The Morgan fingerprint density at radius 2 is 1.09 bits per heavy atom. The Labute approximate surface area is 146 Å². The average Bonchev–Trinajstić information content (AvgIpc) is 2.35. The van der Waals surface area contributed by atoms with Gasteiger partial charge in [-0.25, -0.2) is 8.42 Å². The van der Waals surface area contributed by atoms with Crippen LogP contribution in [0.3, 0.4) is 0 Å². The second-order valence-electron chi connectivity index (χ2n) is 9.63. The third kappa shape index (κ3) is 4.96. The van der Waals surface area contributed by atoms with Crippen molar-refractivity contribution in [1.82, 2.24) is 0 Å². The van der Waals surface area contributed by atoms with Gasteiger partial charge >= 0.3 is 0 Å². The van der Waals surface area contributed by atoms with Crippen molar-refractivity contribution in [2.45, 2.75) is 106 Å². The normalized spacial score (nSPS) is 15.0. The maximum absolute atomic E-state index is 13.6. The molecule has 0 saturated heterocycles. The Balaban J connectivity index is 5.92. The highest BCUT2D eigenvalue weighted by molar-refractivity contribution is 7.92. The first-order chi connectivity index (χ1) is 10.2. The fourth-order valence-electron chi connectivity index (χ4n) is 4.95. The van der Waals surface area contributed by atoms with Crippen LogP contribution in [0.5, 0.6) is 0 Å². The SMILES string of the molecule is CCC(C)(CC)C(CC)(CC)S(=O)(=O)CC(C)(C)CC(C)(C)C. The highest BCUT2D eigenvalue weighted by atomic mass is 32.2. The largest absolute Gasteiger partial charge is 0.228 e. The number of rotatable bonds is 9. The molecule has 0 heterocycles. The molecular formula is C20H42O2S. The Morgan fingerprint density at radius 3 is 1.35 bits per heavy atom. The summed E-state index contributed by atoms with van der Waals surface area (Å²) in [6, 6.07) is 0. The molecular weight excluding hydrogens is 304 g/mol. The molecule has 0 spiro atoms. The van der Waals surface area contributed by atoms with Crippen LogP contribution < -0.4 is 0 Å². The quantitative estimate of drug-likeness (QED) is 0.494. The van der Waals surface area contributed by atoms with Crippen LogP contribution in [-0.2, 0) is 9.84 Å². The van der Waals surface area contributed by atoms with Gasteiger partial charge in [0.15, 0.2) is 9.84 Å². The summed E-state index contributed by atoms with van der Waals surface area (Å²) in [5.41, 5.74) is -0.221. The minimum Gasteiger partial charge on any atom is -0.228 e. The van der Waals surface area contributed by atoms with Crippen molar-refractivity contribution < 1.29 is 8.42 Å². The van der Waals surface area contributed by atoms with Crippen molar-refractivity contribution in [3.63, 3.8) is 0 Å². The molecule has 140 valence electrons. The standard InChI is InChI=1S/C20H42O2S/c1-11-19(10,12-2)20(13-3,14-4)23(21,22)16-18(8,9)15-17(5,6)7/h11-16H2,1-10H3. The lowest BCUT2D eigenvalue weighted by Gasteiger charge is -2.48. The minimum absolute atomic E-state index is 0.138. The van der Waals surface area contributed by atoms with Gasteiger partial charge in [-0.2, -0.15) is 0 Å². The molecule has 23 heavy (non-hydrogen) atoms. The van der Waals surface area contributed by atoms with Gasteiger partial charge in [-0.15, -0.1) is 0 Å². The molecule has 0 saturated carbocycles. The van der Waals surface area contributed by atoms with Gasteiger partial charge < -0.3 is 0 Å². The van der Waals surface area contributed by atoms with Crippen LogP contribution in [0.25, 0.3) is 0 Å². The first kappa shape index (κ1) is 22.9. The molecule has 0 aliphatic rings. The summed E-state index contributed by atoms with van der Waals surface area (Å²) in [7, 11) is -3.20. The fourth-order valence-corrected chi connectivity index (χ4v) is 8.28. The number of sulfone groups is 1. The summed E-state index contributed by atoms with van der Waals surface area (Å²) >= 11 is 0. The maximum Gasteiger partial charge on any atom is 0.157 e. The van der Waals surface area contributed by atoms with Crippen molar-refractivity contribution >= 4 is 9.84 Å². The molecule has 0 rings (SSSR count). The summed E-state index contributed by atoms with van der Waals surface area (Å²) in [6.45, 7) is 21.4. The number of hydrogen-bond acceptors (Lipinski definition) is 2. The van der Waals surface area contributed by atoms with Crippen molar-refractivity contribution in [1.29, 1.82) is 0 Å². The van der Waals surface area contributed by atoms with Crippen LogP contribution >= 0.6 is 0 Å². The van der Waals surface area contributed by atoms with E-state index in [0.29, 0.717) is 12.8 Å². The third-order valence-electron chi connectivity index (χ3n) is 5.99. The van der Waals surface area contributed by atoms with E-state index in [1.165, 1.54) is 0 Å². The van der Waals surface area contributed by atoms with Gasteiger partial charge in [0, 0.05) is 0 Å². The van der Waals surface area contributed by atoms with Crippen molar-refractivity contribution in [3.8, 4) is 0 Å². The predicted octanol–water partition coefficient (Wildman–Crippen LogP) is 6.25. The molecule has 0 aromatic heterocycles. The van der Waals surface area contributed by atoms with E-state index in [2.05, 4.69) is 69.2 Å². The van der Waals surface area contributed by atoms with E-state index in [1.54, 1.807) is 0 Å². The van der Waals surface area contributed by atoms with E-state index in [1.807, 2.05) is 0 Å². The van der Waals surface area contributed by atoms with Gasteiger partial charge in [-0.05, 0) is 48.3 Å².